The van der Waals surface area contributed by atoms with Gasteiger partial charge in [0.15, 0.2) is 5.13 Å². The third-order valence-corrected chi connectivity index (χ3v) is 6.31. The van der Waals surface area contributed by atoms with Gasteiger partial charge in [-0.25, -0.2) is 4.98 Å². The number of rotatable bonds is 5. The molecule has 0 bridgehead atoms. The molecule has 0 amide bonds. The molecule has 1 N–H and O–H groups in total. The van der Waals surface area contributed by atoms with Gasteiger partial charge in [-0.1, -0.05) is 20.8 Å². The first-order valence-corrected chi connectivity index (χ1v) is 9.09. The lowest BCUT2D eigenvalue weighted by Gasteiger charge is -2.38. The Morgan fingerprint density at radius 1 is 1.38 bits per heavy atom. The minimum Gasteiger partial charge on any atom is -0.348 e. The molecule has 21 heavy (non-hydrogen) atoms. The summed E-state index contributed by atoms with van der Waals surface area (Å²) in [6.07, 6.45) is 5.24. The summed E-state index contributed by atoms with van der Waals surface area (Å²) in [5.74, 6) is 0. The zero-order chi connectivity index (χ0) is 15.6. The first-order valence-electron chi connectivity index (χ1n) is 8.27. The molecule has 1 heterocycles. The van der Waals surface area contributed by atoms with Crippen LogP contribution < -0.4 is 10.2 Å². The van der Waals surface area contributed by atoms with Crippen molar-refractivity contribution in [3.8, 4) is 0 Å². The maximum absolute atomic E-state index is 4.83. The molecule has 1 saturated carbocycles. The van der Waals surface area contributed by atoms with E-state index in [1.54, 1.807) is 0 Å². The van der Waals surface area contributed by atoms with Crippen molar-refractivity contribution in [2.24, 2.45) is 5.41 Å². The van der Waals surface area contributed by atoms with Gasteiger partial charge in [0.1, 0.15) is 0 Å². The SMILES string of the molecule is CCNC(C)c1sc(N(C)C2CCC(C)(C)CC2)nc1C. The van der Waals surface area contributed by atoms with Crippen LogP contribution in [0.1, 0.15) is 70.0 Å². The molecule has 1 aromatic rings. The second-order valence-corrected chi connectivity index (χ2v) is 8.24. The molecule has 1 atom stereocenters. The second-order valence-electron chi connectivity index (χ2n) is 7.23. The lowest BCUT2D eigenvalue weighted by molar-refractivity contribution is 0.222. The fourth-order valence-corrected chi connectivity index (χ4v) is 4.40. The Kier molecular flexibility index (Phi) is 5.31. The molecule has 1 aromatic heterocycles. The third kappa shape index (κ3) is 3.98. The van der Waals surface area contributed by atoms with E-state index in [1.807, 2.05) is 11.3 Å². The highest BCUT2D eigenvalue weighted by molar-refractivity contribution is 7.15. The normalized spacial score (nSPS) is 20.5. The molecule has 0 aliphatic heterocycles. The van der Waals surface area contributed by atoms with E-state index < -0.39 is 0 Å². The van der Waals surface area contributed by atoms with Crippen LogP contribution >= 0.6 is 11.3 Å². The van der Waals surface area contributed by atoms with Gasteiger partial charge >= 0.3 is 0 Å². The second kappa shape index (κ2) is 6.66. The van der Waals surface area contributed by atoms with Crippen LogP contribution in [0.4, 0.5) is 5.13 Å². The van der Waals surface area contributed by atoms with Crippen molar-refractivity contribution in [1.29, 1.82) is 0 Å². The Labute approximate surface area is 134 Å². The van der Waals surface area contributed by atoms with Crippen molar-refractivity contribution in [3.63, 3.8) is 0 Å². The molecule has 1 aliphatic carbocycles. The zero-order valence-electron chi connectivity index (χ0n) is 14.5. The Balaban J connectivity index is 2.06. The van der Waals surface area contributed by atoms with Gasteiger partial charge in [0, 0.05) is 24.0 Å². The molecule has 2 rings (SSSR count). The van der Waals surface area contributed by atoms with Gasteiger partial charge in [-0.2, -0.15) is 0 Å². The first kappa shape index (κ1) is 16.8. The van der Waals surface area contributed by atoms with Crippen LogP contribution in [-0.4, -0.2) is 24.6 Å². The van der Waals surface area contributed by atoms with Crippen molar-refractivity contribution < 1.29 is 0 Å². The van der Waals surface area contributed by atoms with Crippen molar-refractivity contribution in [2.75, 3.05) is 18.5 Å². The Morgan fingerprint density at radius 3 is 2.57 bits per heavy atom. The predicted molar refractivity (Wildman–Crippen MR) is 93.4 cm³/mol. The van der Waals surface area contributed by atoms with Gasteiger partial charge in [-0.05, 0) is 51.5 Å². The van der Waals surface area contributed by atoms with Crippen molar-refractivity contribution >= 4 is 16.5 Å². The average molecular weight is 310 g/mol. The fourth-order valence-electron chi connectivity index (χ4n) is 3.27. The summed E-state index contributed by atoms with van der Waals surface area (Å²) < 4.78 is 0. The summed E-state index contributed by atoms with van der Waals surface area (Å²) in [7, 11) is 2.23. The lowest BCUT2D eigenvalue weighted by Crippen LogP contribution is -2.37. The molecule has 0 radical (unpaired) electrons. The summed E-state index contributed by atoms with van der Waals surface area (Å²) in [6.45, 7) is 12.3. The van der Waals surface area contributed by atoms with E-state index in [2.05, 4.69) is 51.9 Å². The third-order valence-electron chi connectivity index (χ3n) is 4.88. The minimum absolute atomic E-state index is 0.403. The quantitative estimate of drug-likeness (QED) is 0.866. The number of aromatic nitrogens is 1. The Morgan fingerprint density at radius 2 is 2.00 bits per heavy atom. The van der Waals surface area contributed by atoms with E-state index in [0.717, 1.165) is 6.54 Å². The monoisotopic (exact) mass is 309 g/mol. The van der Waals surface area contributed by atoms with Gasteiger partial charge in [0.25, 0.3) is 0 Å². The number of hydrogen-bond donors (Lipinski definition) is 1. The van der Waals surface area contributed by atoms with Crippen LogP contribution in [0.15, 0.2) is 0 Å². The number of anilines is 1. The number of thiazole rings is 1. The van der Waals surface area contributed by atoms with Crippen LogP contribution in [0.5, 0.6) is 0 Å². The van der Waals surface area contributed by atoms with Gasteiger partial charge in [0.2, 0.25) is 0 Å². The lowest BCUT2D eigenvalue weighted by atomic mass is 9.75. The van der Waals surface area contributed by atoms with Gasteiger partial charge < -0.3 is 10.2 Å². The number of nitrogens with zero attached hydrogens (tertiary/aromatic N) is 2. The number of nitrogens with one attached hydrogen (secondary N) is 1. The molecule has 1 fully saturated rings. The maximum atomic E-state index is 4.83. The van der Waals surface area contributed by atoms with E-state index in [-0.39, 0.29) is 0 Å². The van der Waals surface area contributed by atoms with Crippen LogP contribution in [-0.2, 0) is 0 Å². The molecule has 0 saturated heterocycles. The maximum Gasteiger partial charge on any atom is 0.185 e. The van der Waals surface area contributed by atoms with Crippen molar-refractivity contribution in [2.45, 2.75) is 72.4 Å². The summed E-state index contributed by atoms with van der Waals surface area (Å²) in [5, 5.41) is 4.69. The molecule has 120 valence electrons. The summed E-state index contributed by atoms with van der Waals surface area (Å²) >= 11 is 1.86. The van der Waals surface area contributed by atoms with E-state index in [1.165, 1.54) is 41.4 Å². The van der Waals surface area contributed by atoms with E-state index in [4.69, 9.17) is 4.98 Å². The molecule has 0 spiro atoms. The first-order chi connectivity index (χ1) is 9.84. The molecule has 0 aromatic carbocycles. The van der Waals surface area contributed by atoms with Crippen molar-refractivity contribution in [1.82, 2.24) is 10.3 Å². The molecule has 3 nitrogen and oxygen atoms in total. The molecular weight excluding hydrogens is 278 g/mol. The highest BCUT2D eigenvalue weighted by Crippen LogP contribution is 2.39. The summed E-state index contributed by atoms with van der Waals surface area (Å²) in [5.41, 5.74) is 1.72. The predicted octanol–water partition coefficient (Wildman–Crippen LogP) is 4.53. The number of hydrogen-bond acceptors (Lipinski definition) is 4. The van der Waals surface area contributed by atoms with Crippen molar-refractivity contribution in [3.05, 3.63) is 10.6 Å². The topological polar surface area (TPSA) is 28.2 Å². The molecule has 1 aliphatic rings. The van der Waals surface area contributed by atoms with Crippen LogP contribution in [0.2, 0.25) is 0 Å². The van der Waals surface area contributed by atoms with E-state index in [9.17, 15) is 0 Å². The van der Waals surface area contributed by atoms with Gasteiger partial charge in [-0.15, -0.1) is 11.3 Å². The highest BCUT2D eigenvalue weighted by Gasteiger charge is 2.30. The minimum atomic E-state index is 0.403. The zero-order valence-corrected chi connectivity index (χ0v) is 15.3. The largest absolute Gasteiger partial charge is 0.348 e. The van der Waals surface area contributed by atoms with Crippen LogP contribution in [0.25, 0.3) is 0 Å². The molecule has 1 unspecified atom stereocenters. The Hall–Kier alpha value is -0.610. The summed E-state index contributed by atoms with van der Waals surface area (Å²) in [4.78, 5) is 8.64. The summed E-state index contributed by atoms with van der Waals surface area (Å²) in [6, 6.07) is 1.06. The Bertz CT molecular complexity index is 457. The van der Waals surface area contributed by atoms with E-state index >= 15 is 0 Å². The van der Waals surface area contributed by atoms with E-state index in [0.29, 0.717) is 17.5 Å². The molecule has 4 heteroatoms. The van der Waals surface area contributed by atoms with Gasteiger partial charge in [0.05, 0.1) is 5.69 Å². The molecular formula is C17H31N3S. The average Bonchev–Trinajstić information content (AvgIpc) is 2.80. The smallest absolute Gasteiger partial charge is 0.185 e. The number of aryl methyl sites for hydroxylation is 1. The van der Waals surface area contributed by atoms with Gasteiger partial charge in [-0.3, -0.25) is 0 Å². The van der Waals surface area contributed by atoms with Crippen LogP contribution in [0.3, 0.4) is 0 Å². The standard InChI is InChI=1S/C17H31N3S/c1-7-18-12(2)15-13(3)19-16(21-15)20(6)14-8-10-17(4,5)11-9-14/h12,14,18H,7-11H2,1-6H3. The highest BCUT2D eigenvalue weighted by atomic mass is 32.1. The fraction of sp³-hybridized carbons (Fsp3) is 0.824. The van der Waals surface area contributed by atoms with Crippen LogP contribution in [0, 0.1) is 12.3 Å².